The molecule has 3 aliphatic rings. The van der Waals surface area contributed by atoms with Crippen molar-refractivity contribution < 1.29 is 9.21 Å². The van der Waals surface area contributed by atoms with Crippen LogP contribution in [0.15, 0.2) is 35.0 Å². The van der Waals surface area contributed by atoms with Crippen LogP contribution in [0.25, 0.3) is 22.6 Å². The summed E-state index contributed by atoms with van der Waals surface area (Å²) in [5.74, 6) is 2.67. The molecular weight excluding hydrogens is 414 g/mol. The van der Waals surface area contributed by atoms with Crippen LogP contribution in [0.5, 0.6) is 0 Å². The highest BCUT2D eigenvalue weighted by atomic mass is 16.4. The van der Waals surface area contributed by atoms with Crippen molar-refractivity contribution in [3.8, 4) is 28.7 Å². The number of carbonyl (C=O) groups excluding carboxylic acids is 1. The lowest BCUT2D eigenvalue weighted by molar-refractivity contribution is 0.0770. The second-order valence-corrected chi connectivity index (χ2v) is 9.52. The Morgan fingerprint density at radius 1 is 1.06 bits per heavy atom. The lowest BCUT2D eigenvalue weighted by atomic mass is 10.0. The molecule has 0 N–H and O–H groups in total. The molecule has 0 aromatic carbocycles. The second-order valence-electron chi connectivity index (χ2n) is 9.52. The molecule has 2 fully saturated rings. The first kappa shape index (κ1) is 20.1. The first-order valence-corrected chi connectivity index (χ1v) is 11.8. The predicted octanol–water partition coefficient (Wildman–Crippen LogP) is 4.77. The summed E-state index contributed by atoms with van der Waals surface area (Å²) in [5, 5.41) is 9.43. The Morgan fingerprint density at radius 3 is 2.70 bits per heavy atom. The summed E-state index contributed by atoms with van der Waals surface area (Å²) in [6, 6.07) is 7.50. The zero-order valence-corrected chi connectivity index (χ0v) is 18.5. The maximum absolute atomic E-state index is 13.0. The van der Waals surface area contributed by atoms with Crippen LogP contribution in [0.3, 0.4) is 0 Å². The topological polar surface area (TPSA) is 95.9 Å². The molecule has 0 radical (unpaired) electrons. The van der Waals surface area contributed by atoms with Gasteiger partial charge in [-0.05, 0) is 55.7 Å². The van der Waals surface area contributed by atoms with E-state index in [1.54, 1.807) is 18.5 Å². The van der Waals surface area contributed by atoms with Gasteiger partial charge in [0.1, 0.15) is 11.8 Å². The molecule has 2 aliphatic carbocycles. The molecule has 1 amide bonds. The first-order valence-electron chi connectivity index (χ1n) is 11.8. The van der Waals surface area contributed by atoms with Crippen LogP contribution in [-0.4, -0.2) is 32.3 Å². The highest BCUT2D eigenvalue weighted by Gasteiger charge is 2.34. The molecule has 2 saturated carbocycles. The van der Waals surface area contributed by atoms with Crippen LogP contribution < -0.4 is 0 Å². The standard InChI is InChI=1S/C26H25N5O2/c27-11-19-7-8-20(23-13-29-24(33-23)9-16-3-1-2-4-16)25(30-19)18-10-21-22(28-12-18)15-31(26(21)32)14-17-5-6-17/h7-8,10,12-13,16-17H,1-6,9,14-15H2. The predicted molar refractivity (Wildman–Crippen MR) is 121 cm³/mol. The Morgan fingerprint density at radius 2 is 1.91 bits per heavy atom. The van der Waals surface area contributed by atoms with Crippen molar-refractivity contribution in [2.45, 2.75) is 51.5 Å². The second kappa shape index (κ2) is 8.11. The Labute approximate surface area is 192 Å². The van der Waals surface area contributed by atoms with Gasteiger partial charge < -0.3 is 9.32 Å². The van der Waals surface area contributed by atoms with Crippen molar-refractivity contribution in [1.29, 1.82) is 5.26 Å². The van der Waals surface area contributed by atoms with E-state index >= 15 is 0 Å². The number of oxazole rings is 1. The van der Waals surface area contributed by atoms with Gasteiger partial charge in [-0.3, -0.25) is 9.78 Å². The molecule has 7 nitrogen and oxygen atoms in total. The summed E-state index contributed by atoms with van der Waals surface area (Å²) in [5.41, 5.74) is 3.78. The van der Waals surface area contributed by atoms with E-state index in [0.717, 1.165) is 30.1 Å². The maximum Gasteiger partial charge on any atom is 0.256 e. The third kappa shape index (κ3) is 3.91. The highest BCUT2D eigenvalue weighted by Crippen LogP contribution is 2.36. The number of carbonyl (C=O) groups is 1. The fourth-order valence-electron chi connectivity index (χ4n) is 5.05. The molecule has 0 saturated heterocycles. The molecule has 7 heteroatoms. The summed E-state index contributed by atoms with van der Waals surface area (Å²) < 4.78 is 6.12. The van der Waals surface area contributed by atoms with E-state index in [0.29, 0.717) is 46.7 Å². The van der Waals surface area contributed by atoms with Gasteiger partial charge in [-0.2, -0.15) is 5.26 Å². The Bertz CT molecular complexity index is 1260. The van der Waals surface area contributed by atoms with Gasteiger partial charge in [0.25, 0.3) is 5.91 Å². The van der Waals surface area contributed by atoms with Crippen molar-refractivity contribution in [2.24, 2.45) is 11.8 Å². The fourth-order valence-corrected chi connectivity index (χ4v) is 5.05. The van der Waals surface area contributed by atoms with E-state index < -0.39 is 0 Å². The van der Waals surface area contributed by atoms with E-state index in [9.17, 15) is 10.1 Å². The number of hydrogen-bond donors (Lipinski definition) is 0. The number of fused-ring (bicyclic) bond motifs is 1. The van der Waals surface area contributed by atoms with Gasteiger partial charge in [-0.15, -0.1) is 0 Å². The van der Waals surface area contributed by atoms with Crippen LogP contribution in [0.1, 0.15) is 66.2 Å². The first-order chi connectivity index (χ1) is 16.2. The average Bonchev–Trinajstić information content (AvgIpc) is 3.20. The van der Waals surface area contributed by atoms with E-state index in [1.807, 2.05) is 17.0 Å². The van der Waals surface area contributed by atoms with Gasteiger partial charge in [0.05, 0.1) is 29.7 Å². The molecule has 33 heavy (non-hydrogen) atoms. The third-order valence-corrected chi connectivity index (χ3v) is 7.04. The molecule has 0 unspecified atom stereocenters. The average molecular weight is 440 g/mol. The van der Waals surface area contributed by atoms with E-state index in [4.69, 9.17) is 4.42 Å². The van der Waals surface area contributed by atoms with Crippen molar-refractivity contribution >= 4 is 5.91 Å². The molecule has 166 valence electrons. The van der Waals surface area contributed by atoms with Crippen molar-refractivity contribution in [3.63, 3.8) is 0 Å². The molecule has 1 aliphatic heterocycles. The Hall–Kier alpha value is -3.53. The number of hydrogen-bond acceptors (Lipinski definition) is 6. The molecule has 0 bridgehead atoms. The van der Waals surface area contributed by atoms with Gasteiger partial charge in [0, 0.05) is 30.3 Å². The lowest BCUT2D eigenvalue weighted by Crippen LogP contribution is -2.26. The molecule has 6 rings (SSSR count). The largest absolute Gasteiger partial charge is 0.441 e. The van der Waals surface area contributed by atoms with Crippen LogP contribution in [0, 0.1) is 23.2 Å². The maximum atomic E-state index is 13.0. The minimum absolute atomic E-state index is 0.0303. The van der Waals surface area contributed by atoms with E-state index in [1.165, 1.54) is 38.5 Å². The number of pyridine rings is 2. The van der Waals surface area contributed by atoms with E-state index in [2.05, 4.69) is 21.0 Å². The Balaban J connectivity index is 1.34. The molecule has 0 atom stereocenters. The zero-order chi connectivity index (χ0) is 22.4. The van der Waals surface area contributed by atoms with Gasteiger partial charge in [0.15, 0.2) is 11.7 Å². The summed E-state index contributed by atoms with van der Waals surface area (Å²) in [7, 11) is 0. The van der Waals surface area contributed by atoms with Crippen molar-refractivity contribution in [1.82, 2.24) is 19.9 Å². The van der Waals surface area contributed by atoms with Crippen LogP contribution in [0.2, 0.25) is 0 Å². The number of nitriles is 1. The van der Waals surface area contributed by atoms with Crippen LogP contribution in [0.4, 0.5) is 0 Å². The van der Waals surface area contributed by atoms with Gasteiger partial charge in [-0.25, -0.2) is 9.97 Å². The number of nitrogens with zero attached hydrogens (tertiary/aromatic N) is 5. The van der Waals surface area contributed by atoms with Crippen LogP contribution in [-0.2, 0) is 13.0 Å². The van der Waals surface area contributed by atoms with Crippen LogP contribution >= 0.6 is 0 Å². The Kier molecular flexibility index (Phi) is 4.94. The fraction of sp³-hybridized carbons (Fsp3) is 0.423. The molecular formula is C26H25N5O2. The monoisotopic (exact) mass is 439 g/mol. The minimum atomic E-state index is 0.0303. The highest BCUT2D eigenvalue weighted by molar-refractivity contribution is 5.99. The zero-order valence-electron chi connectivity index (χ0n) is 18.5. The van der Waals surface area contributed by atoms with Crippen molar-refractivity contribution in [3.05, 3.63) is 53.4 Å². The quantitative estimate of drug-likeness (QED) is 0.549. The molecule has 3 aromatic rings. The van der Waals surface area contributed by atoms with Gasteiger partial charge >= 0.3 is 0 Å². The summed E-state index contributed by atoms with van der Waals surface area (Å²) >= 11 is 0. The number of rotatable bonds is 6. The van der Waals surface area contributed by atoms with E-state index in [-0.39, 0.29) is 5.91 Å². The SMILES string of the molecule is N#Cc1ccc(-c2cnc(CC3CCCC3)o2)c(-c2cnc3c(c2)C(=O)N(CC2CC2)C3)n1. The number of aromatic nitrogens is 3. The minimum Gasteiger partial charge on any atom is -0.441 e. The summed E-state index contributed by atoms with van der Waals surface area (Å²) in [6.07, 6.45) is 11.8. The molecule has 4 heterocycles. The lowest BCUT2D eigenvalue weighted by Gasteiger charge is -2.13. The summed E-state index contributed by atoms with van der Waals surface area (Å²) in [4.78, 5) is 28.5. The van der Waals surface area contributed by atoms with Crippen molar-refractivity contribution in [2.75, 3.05) is 6.54 Å². The van der Waals surface area contributed by atoms with Gasteiger partial charge in [0.2, 0.25) is 0 Å². The molecule has 0 spiro atoms. The summed E-state index contributed by atoms with van der Waals surface area (Å²) in [6.45, 7) is 1.37. The number of amides is 1. The van der Waals surface area contributed by atoms with Gasteiger partial charge in [-0.1, -0.05) is 12.8 Å². The smallest absolute Gasteiger partial charge is 0.256 e. The third-order valence-electron chi connectivity index (χ3n) is 7.04. The molecule has 3 aromatic heterocycles. The normalized spacial score (nSPS) is 18.0.